The zero-order valence-electron chi connectivity index (χ0n) is 13.3. The highest BCUT2D eigenvalue weighted by molar-refractivity contribution is 7.94. The minimum Gasteiger partial charge on any atom is -0.573 e. The Morgan fingerprint density at radius 1 is 1.08 bits per heavy atom. The van der Waals surface area contributed by atoms with Gasteiger partial charge in [-0.3, -0.25) is 4.79 Å². The number of hydrogen-bond acceptors (Lipinski definition) is 4. The van der Waals surface area contributed by atoms with Crippen LogP contribution >= 0.6 is 0 Å². The van der Waals surface area contributed by atoms with Gasteiger partial charge in [-0.05, 0) is 24.3 Å². The van der Waals surface area contributed by atoms with E-state index in [1.807, 2.05) is 0 Å². The highest BCUT2D eigenvalue weighted by Gasteiger charge is 2.18. The Hall–Kier alpha value is -2.45. The highest BCUT2D eigenvalue weighted by atomic mass is 32.2. The first-order chi connectivity index (χ1) is 12.0. The lowest BCUT2D eigenvalue weighted by Gasteiger charge is -2.28. The number of ether oxygens (including phenoxy) is 1. The predicted octanol–water partition coefficient (Wildman–Crippen LogP) is 2.69. The van der Waals surface area contributed by atoms with Crippen molar-refractivity contribution in [1.82, 2.24) is 4.90 Å². The van der Waals surface area contributed by atoms with Crippen molar-refractivity contribution in [3.05, 3.63) is 64.6 Å². The molecule has 0 radical (unpaired) electrons. The summed E-state index contributed by atoms with van der Waals surface area (Å²) in [6.07, 6.45) is 0. The van der Waals surface area contributed by atoms with Crippen LogP contribution in [0.2, 0.25) is 0 Å². The molecule has 8 heteroatoms. The topological polar surface area (TPSA) is 77.8 Å². The molecule has 2 aromatic rings. The SMILES string of the molecule is O=C(c1cccc([N-]S(=O)(=O)c2cccc(F)c2)c1)N1CCOCC1. The van der Waals surface area contributed by atoms with E-state index < -0.39 is 15.8 Å². The Morgan fingerprint density at radius 3 is 2.52 bits per heavy atom. The summed E-state index contributed by atoms with van der Waals surface area (Å²) in [5.74, 6) is -0.865. The minimum atomic E-state index is -4.06. The predicted molar refractivity (Wildman–Crippen MR) is 89.8 cm³/mol. The summed E-state index contributed by atoms with van der Waals surface area (Å²) in [6.45, 7) is 1.93. The maximum Gasteiger partial charge on any atom is 0.253 e. The number of carbonyl (C=O) groups excluding carboxylic acids is 1. The fourth-order valence-corrected chi connectivity index (χ4v) is 3.47. The number of nitrogens with zero attached hydrogens (tertiary/aromatic N) is 2. The molecule has 0 saturated carbocycles. The average molecular weight is 363 g/mol. The largest absolute Gasteiger partial charge is 0.573 e. The van der Waals surface area contributed by atoms with Crippen LogP contribution in [0.5, 0.6) is 0 Å². The third-order valence-corrected chi connectivity index (χ3v) is 5.01. The van der Waals surface area contributed by atoms with Gasteiger partial charge in [-0.2, -0.15) is 0 Å². The van der Waals surface area contributed by atoms with Crippen molar-refractivity contribution in [3.8, 4) is 0 Å². The number of carbonyl (C=O) groups is 1. The van der Waals surface area contributed by atoms with Gasteiger partial charge in [-0.15, -0.1) is 5.69 Å². The third kappa shape index (κ3) is 4.15. The van der Waals surface area contributed by atoms with Crippen LogP contribution in [0.3, 0.4) is 0 Å². The Kier molecular flexibility index (Phi) is 5.00. The van der Waals surface area contributed by atoms with Crippen molar-refractivity contribution in [2.75, 3.05) is 26.3 Å². The van der Waals surface area contributed by atoms with Crippen LogP contribution in [0.15, 0.2) is 53.4 Å². The molecule has 132 valence electrons. The van der Waals surface area contributed by atoms with Gasteiger partial charge in [0, 0.05) is 18.7 Å². The van der Waals surface area contributed by atoms with Crippen LogP contribution in [0.4, 0.5) is 10.1 Å². The molecular formula is C17H16FN2O4S-. The van der Waals surface area contributed by atoms with Crippen LogP contribution < -0.4 is 0 Å². The molecule has 3 rings (SSSR count). The van der Waals surface area contributed by atoms with Gasteiger partial charge in [0.05, 0.1) is 18.1 Å². The first kappa shape index (κ1) is 17.4. The monoisotopic (exact) mass is 363 g/mol. The van der Waals surface area contributed by atoms with Gasteiger partial charge in [0.2, 0.25) is 0 Å². The van der Waals surface area contributed by atoms with Gasteiger partial charge < -0.3 is 14.4 Å². The molecule has 0 spiro atoms. The second kappa shape index (κ2) is 7.20. The second-order valence-corrected chi connectivity index (χ2v) is 7.08. The highest BCUT2D eigenvalue weighted by Crippen LogP contribution is 2.29. The molecule has 1 aliphatic rings. The fourth-order valence-electron chi connectivity index (χ4n) is 2.46. The zero-order chi connectivity index (χ0) is 17.9. The first-order valence-corrected chi connectivity index (χ1v) is 9.10. The molecule has 1 fully saturated rings. The summed E-state index contributed by atoms with van der Waals surface area (Å²) in [5.41, 5.74) is 0.459. The van der Waals surface area contributed by atoms with E-state index in [1.54, 1.807) is 17.0 Å². The Labute approximate surface area is 145 Å². The van der Waals surface area contributed by atoms with E-state index in [-0.39, 0.29) is 16.5 Å². The van der Waals surface area contributed by atoms with Gasteiger partial charge in [0.25, 0.3) is 5.91 Å². The van der Waals surface area contributed by atoms with E-state index in [9.17, 15) is 17.6 Å². The van der Waals surface area contributed by atoms with Gasteiger partial charge in [0.1, 0.15) is 15.8 Å². The molecule has 0 aliphatic carbocycles. The lowest BCUT2D eigenvalue weighted by molar-refractivity contribution is 0.0303. The average Bonchev–Trinajstić information content (AvgIpc) is 2.62. The van der Waals surface area contributed by atoms with Crippen LogP contribution in [0.1, 0.15) is 10.4 Å². The molecule has 1 saturated heterocycles. The molecule has 0 aromatic heterocycles. The maximum atomic E-state index is 13.2. The van der Waals surface area contributed by atoms with Crippen LogP contribution in [0.25, 0.3) is 4.72 Å². The van der Waals surface area contributed by atoms with Crippen molar-refractivity contribution in [2.45, 2.75) is 4.90 Å². The number of sulfonamides is 1. The summed E-state index contributed by atoms with van der Waals surface area (Å²) in [4.78, 5) is 13.9. The summed E-state index contributed by atoms with van der Waals surface area (Å²) < 4.78 is 46.7. The molecule has 1 aliphatic heterocycles. The normalized spacial score (nSPS) is 15.0. The molecule has 25 heavy (non-hydrogen) atoms. The number of hydrogen-bond donors (Lipinski definition) is 0. The van der Waals surface area contributed by atoms with Crippen molar-refractivity contribution in [2.24, 2.45) is 0 Å². The molecule has 1 amide bonds. The van der Waals surface area contributed by atoms with Gasteiger partial charge in [-0.1, -0.05) is 24.3 Å². The number of halogens is 1. The van der Waals surface area contributed by atoms with Gasteiger partial charge in [-0.25, -0.2) is 12.8 Å². The fraction of sp³-hybridized carbons (Fsp3) is 0.235. The van der Waals surface area contributed by atoms with Crippen molar-refractivity contribution < 1.29 is 22.3 Å². The van der Waals surface area contributed by atoms with E-state index in [4.69, 9.17) is 4.74 Å². The van der Waals surface area contributed by atoms with E-state index in [0.29, 0.717) is 31.9 Å². The quantitative estimate of drug-likeness (QED) is 0.837. The molecule has 0 N–H and O–H groups in total. The lowest BCUT2D eigenvalue weighted by Crippen LogP contribution is -2.40. The zero-order valence-corrected chi connectivity index (χ0v) is 14.1. The van der Waals surface area contributed by atoms with Gasteiger partial charge >= 0.3 is 0 Å². The minimum absolute atomic E-state index is 0.114. The summed E-state index contributed by atoms with van der Waals surface area (Å²) in [5, 5.41) is 0. The molecule has 6 nitrogen and oxygen atoms in total. The molecular weight excluding hydrogens is 347 g/mol. The Balaban J connectivity index is 1.80. The van der Waals surface area contributed by atoms with Crippen molar-refractivity contribution in [3.63, 3.8) is 0 Å². The third-order valence-electron chi connectivity index (χ3n) is 3.71. The first-order valence-electron chi connectivity index (χ1n) is 7.66. The lowest BCUT2D eigenvalue weighted by atomic mass is 10.1. The van der Waals surface area contributed by atoms with Crippen LogP contribution in [-0.2, 0) is 14.8 Å². The number of amides is 1. The standard InChI is InChI=1S/C17H16FN2O4S/c18-14-4-2-6-16(12-14)25(22,23)19-15-5-1-3-13(11-15)17(21)20-7-9-24-10-8-20/h1-6,11-12H,7-10H2/q-1. The van der Waals surface area contributed by atoms with Crippen molar-refractivity contribution >= 4 is 21.6 Å². The Morgan fingerprint density at radius 2 is 1.80 bits per heavy atom. The van der Waals surface area contributed by atoms with Gasteiger partial charge in [0.15, 0.2) is 0 Å². The summed E-state index contributed by atoms with van der Waals surface area (Å²) >= 11 is 0. The van der Waals surface area contributed by atoms with Crippen LogP contribution in [0, 0.1) is 5.82 Å². The van der Waals surface area contributed by atoms with Crippen molar-refractivity contribution in [1.29, 1.82) is 0 Å². The van der Waals surface area contributed by atoms with E-state index in [1.165, 1.54) is 24.3 Å². The number of morpholine rings is 1. The van der Waals surface area contributed by atoms with E-state index in [2.05, 4.69) is 4.72 Å². The maximum absolute atomic E-state index is 13.2. The molecule has 1 heterocycles. The number of rotatable bonds is 4. The molecule has 0 bridgehead atoms. The smallest absolute Gasteiger partial charge is 0.253 e. The summed E-state index contributed by atoms with van der Waals surface area (Å²) in [6, 6.07) is 10.7. The van der Waals surface area contributed by atoms with E-state index in [0.717, 1.165) is 12.1 Å². The molecule has 0 unspecified atom stereocenters. The summed E-state index contributed by atoms with van der Waals surface area (Å²) in [7, 11) is -4.06. The van der Waals surface area contributed by atoms with Crippen LogP contribution in [-0.4, -0.2) is 45.5 Å². The number of benzene rings is 2. The van der Waals surface area contributed by atoms with E-state index >= 15 is 0 Å². The molecule has 0 atom stereocenters. The molecule has 2 aromatic carbocycles. The second-order valence-electron chi connectivity index (χ2n) is 5.48. The Bertz CT molecular complexity index is 880.